The minimum atomic E-state index is -1.01. The molecule has 6 nitrogen and oxygen atoms in total. The fourth-order valence-corrected chi connectivity index (χ4v) is 2.89. The van der Waals surface area contributed by atoms with E-state index in [1.165, 1.54) is 6.92 Å². The molecule has 0 aliphatic rings. The van der Waals surface area contributed by atoms with Crippen LogP contribution >= 0.6 is 11.6 Å². The van der Waals surface area contributed by atoms with Gasteiger partial charge >= 0.3 is 5.97 Å². The van der Waals surface area contributed by atoms with Gasteiger partial charge in [-0.15, -0.1) is 0 Å². The van der Waals surface area contributed by atoms with Gasteiger partial charge in [-0.1, -0.05) is 48.0 Å². The summed E-state index contributed by atoms with van der Waals surface area (Å²) in [6.07, 6.45) is -1.01. The second-order valence-electron chi connectivity index (χ2n) is 6.64. The van der Waals surface area contributed by atoms with Crippen LogP contribution in [0.5, 0.6) is 5.75 Å². The highest BCUT2D eigenvalue weighted by Gasteiger charge is 2.18. The molecule has 0 saturated carbocycles. The zero-order valence-corrected chi connectivity index (χ0v) is 17.5. The van der Waals surface area contributed by atoms with Crippen LogP contribution in [0.4, 0.5) is 5.69 Å². The molecule has 0 bridgehead atoms. The van der Waals surface area contributed by atoms with E-state index in [-0.39, 0.29) is 12.4 Å². The summed E-state index contributed by atoms with van der Waals surface area (Å²) in [5, 5.41) is 3.10. The van der Waals surface area contributed by atoms with Crippen molar-refractivity contribution in [3.05, 3.63) is 95.0 Å². The van der Waals surface area contributed by atoms with Crippen molar-refractivity contribution in [2.45, 2.75) is 13.0 Å². The lowest BCUT2D eigenvalue weighted by molar-refractivity contribution is -0.155. The Bertz CT molecular complexity index is 1070. The van der Waals surface area contributed by atoms with Gasteiger partial charge in [-0.3, -0.25) is 9.59 Å². The zero-order chi connectivity index (χ0) is 22.2. The summed E-state index contributed by atoms with van der Waals surface area (Å²) < 4.78 is 10.5. The first-order valence-electron chi connectivity index (χ1n) is 9.51. The summed E-state index contributed by atoms with van der Waals surface area (Å²) in [5.41, 5.74) is 1.60. The number of rotatable bonds is 8. The SMILES string of the molecule is CC(OC(=O)COc1ccc(C(=O)c2ccccc2)cc1)C(=O)Nc1cccc(Cl)c1. The largest absolute Gasteiger partial charge is 0.482 e. The van der Waals surface area contributed by atoms with Crippen LogP contribution in [0.25, 0.3) is 0 Å². The molecule has 0 saturated heterocycles. The highest BCUT2D eigenvalue weighted by atomic mass is 35.5. The number of hydrogen-bond acceptors (Lipinski definition) is 5. The summed E-state index contributed by atoms with van der Waals surface area (Å²) in [6.45, 7) is 1.09. The van der Waals surface area contributed by atoms with E-state index in [4.69, 9.17) is 21.1 Å². The van der Waals surface area contributed by atoms with Gasteiger partial charge in [-0.2, -0.15) is 0 Å². The van der Waals surface area contributed by atoms with Crippen LogP contribution in [0.2, 0.25) is 5.02 Å². The lowest BCUT2D eigenvalue weighted by atomic mass is 10.0. The average molecular weight is 438 g/mol. The maximum atomic E-state index is 12.4. The summed E-state index contributed by atoms with van der Waals surface area (Å²) in [6, 6.07) is 22.0. The Morgan fingerprint density at radius 3 is 2.26 bits per heavy atom. The molecule has 1 atom stereocenters. The molecule has 1 unspecified atom stereocenters. The topological polar surface area (TPSA) is 81.7 Å². The first-order chi connectivity index (χ1) is 14.9. The van der Waals surface area contributed by atoms with Gasteiger partial charge in [0.15, 0.2) is 18.5 Å². The van der Waals surface area contributed by atoms with Gasteiger partial charge in [0.1, 0.15) is 5.75 Å². The molecule has 3 aromatic rings. The van der Waals surface area contributed by atoms with E-state index < -0.39 is 18.0 Å². The smallest absolute Gasteiger partial charge is 0.344 e. The molecule has 0 heterocycles. The fourth-order valence-electron chi connectivity index (χ4n) is 2.70. The summed E-state index contributed by atoms with van der Waals surface area (Å²) in [5.74, 6) is -0.888. The molecule has 1 N–H and O–H groups in total. The molecule has 158 valence electrons. The van der Waals surface area contributed by atoms with E-state index in [2.05, 4.69) is 5.32 Å². The van der Waals surface area contributed by atoms with Crippen molar-refractivity contribution in [1.29, 1.82) is 0 Å². The molecule has 0 aromatic heterocycles. The molecule has 3 aromatic carbocycles. The molecule has 0 aliphatic carbocycles. The van der Waals surface area contributed by atoms with E-state index in [1.807, 2.05) is 6.07 Å². The molecule has 0 fully saturated rings. The van der Waals surface area contributed by atoms with Crippen LogP contribution in [0.3, 0.4) is 0 Å². The quantitative estimate of drug-likeness (QED) is 0.414. The number of amides is 1. The third kappa shape index (κ3) is 6.42. The fraction of sp³-hybridized carbons (Fsp3) is 0.125. The zero-order valence-electron chi connectivity index (χ0n) is 16.7. The summed E-state index contributed by atoms with van der Waals surface area (Å²) >= 11 is 5.88. The minimum absolute atomic E-state index is 0.105. The maximum Gasteiger partial charge on any atom is 0.344 e. The predicted molar refractivity (Wildman–Crippen MR) is 117 cm³/mol. The van der Waals surface area contributed by atoms with Crippen molar-refractivity contribution < 1.29 is 23.9 Å². The number of anilines is 1. The Labute approximate surface area is 184 Å². The van der Waals surface area contributed by atoms with Crippen LogP contribution in [0.15, 0.2) is 78.9 Å². The third-order valence-electron chi connectivity index (χ3n) is 4.28. The summed E-state index contributed by atoms with van der Waals surface area (Å²) in [4.78, 5) is 36.5. The molecule has 0 aliphatic heterocycles. The number of esters is 1. The first kappa shape index (κ1) is 22.1. The second kappa shape index (κ2) is 10.4. The number of nitrogens with one attached hydrogen (secondary N) is 1. The molecule has 0 spiro atoms. The van der Waals surface area contributed by atoms with Gasteiger partial charge in [-0.05, 0) is 49.4 Å². The van der Waals surface area contributed by atoms with Crippen molar-refractivity contribution in [2.24, 2.45) is 0 Å². The van der Waals surface area contributed by atoms with E-state index >= 15 is 0 Å². The second-order valence-corrected chi connectivity index (χ2v) is 7.08. The molecule has 0 radical (unpaired) electrons. The van der Waals surface area contributed by atoms with Crippen LogP contribution in [0, 0.1) is 0 Å². The Morgan fingerprint density at radius 2 is 1.58 bits per heavy atom. The van der Waals surface area contributed by atoms with Gasteiger partial charge in [0, 0.05) is 21.8 Å². The number of benzene rings is 3. The third-order valence-corrected chi connectivity index (χ3v) is 4.51. The highest BCUT2D eigenvalue weighted by molar-refractivity contribution is 6.30. The van der Waals surface area contributed by atoms with Crippen molar-refractivity contribution in [3.8, 4) is 5.75 Å². The van der Waals surface area contributed by atoms with Crippen molar-refractivity contribution in [1.82, 2.24) is 0 Å². The Balaban J connectivity index is 1.47. The van der Waals surface area contributed by atoms with Gasteiger partial charge in [-0.25, -0.2) is 4.79 Å². The molecular formula is C24H20ClNO5. The van der Waals surface area contributed by atoms with E-state index in [9.17, 15) is 14.4 Å². The highest BCUT2D eigenvalue weighted by Crippen LogP contribution is 2.17. The molecular weight excluding hydrogens is 418 g/mol. The molecule has 1 amide bonds. The van der Waals surface area contributed by atoms with Crippen LogP contribution in [-0.2, 0) is 14.3 Å². The van der Waals surface area contributed by atoms with E-state index in [0.29, 0.717) is 27.6 Å². The predicted octanol–water partition coefficient (Wildman–Crippen LogP) is 4.52. The lowest BCUT2D eigenvalue weighted by Gasteiger charge is -2.14. The van der Waals surface area contributed by atoms with Gasteiger partial charge in [0.2, 0.25) is 0 Å². The minimum Gasteiger partial charge on any atom is -0.482 e. The Hall–Kier alpha value is -3.64. The molecule has 7 heteroatoms. The van der Waals surface area contributed by atoms with Crippen molar-refractivity contribution in [2.75, 3.05) is 11.9 Å². The number of carbonyl (C=O) groups is 3. The molecule has 3 rings (SSSR count). The standard InChI is InChI=1S/C24H20ClNO5/c1-16(24(29)26-20-9-5-8-19(25)14-20)31-22(27)15-30-21-12-10-18(11-13-21)23(28)17-6-3-2-4-7-17/h2-14,16H,15H2,1H3,(H,26,29). The van der Waals surface area contributed by atoms with Gasteiger partial charge in [0.05, 0.1) is 0 Å². The number of hydrogen-bond donors (Lipinski definition) is 1. The Kier molecular flexibility index (Phi) is 7.40. The van der Waals surface area contributed by atoms with Gasteiger partial charge < -0.3 is 14.8 Å². The van der Waals surface area contributed by atoms with Crippen LogP contribution < -0.4 is 10.1 Å². The summed E-state index contributed by atoms with van der Waals surface area (Å²) in [7, 11) is 0. The first-order valence-corrected chi connectivity index (χ1v) is 9.88. The van der Waals surface area contributed by atoms with Crippen LogP contribution in [-0.4, -0.2) is 30.4 Å². The monoisotopic (exact) mass is 437 g/mol. The number of ketones is 1. The van der Waals surface area contributed by atoms with Crippen molar-refractivity contribution >= 4 is 34.9 Å². The number of ether oxygens (including phenoxy) is 2. The lowest BCUT2D eigenvalue weighted by Crippen LogP contribution is -2.31. The number of halogens is 1. The normalized spacial score (nSPS) is 11.3. The van der Waals surface area contributed by atoms with Crippen LogP contribution in [0.1, 0.15) is 22.8 Å². The van der Waals surface area contributed by atoms with Gasteiger partial charge in [0.25, 0.3) is 5.91 Å². The van der Waals surface area contributed by atoms with Crippen molar-refractivity contribution in [3.63, 3.8) is 0 Å². The average Bonchev–Trinajstić information content (AvgIpc) is 2.78. The number of carbonyl (C=O) groups excluding carboxylic acids is 3. The van der Waals surface area contributed by atoms with E-state index in [1.54, 1.807) is 72.8 Å². The molecule has 31 heavy (non-hydrogen) atoms. The van der Waals surface area contributed by atoms with E-state index in [0.717, 1.165) is 0 Å². The maximum absolute atomic E-state index is 12.4. The Morgan fingerprint density at radius 1 is 0.903 bits per heavy atom.